The van der Waals surface area contributed by atoms with Gasteiger partial charge in [-0.05, 0) is 75.3 Å². The normalized spacial score (nSPS) is 13.6. The summed E-state index contributed by atoms with van der Waals surface area (Å²) in [6.07, 6.45) is 0. The molecule has 0 fully saturated rings. The van der Waals surface area contributed by atoms with E-state index in [0.29, 0.717) is 39.6 Å². The van der Waals surface area contributed by atoms with Crippen molar-refractivity contribution in [2.45, 2.75) is 38.5 Å². The molecule has 346 valence electrons. The Morgan fingerprint density at radius 2 is 0.946 bits per heavy atom. The molecule has 0 bridgehead atoms. The number of hydrogen-bond acceptors (Lipinski definition) is 4. The Balaban J connectivity index is 0.973. The van der Waals surface area contributed by atoms with Crippen LogP contribution in [0.4, 0.5) is 5.69 Å². The summed E-state index contributed by atoms with van der Waals surface area (Å²) in [6, 6.07) is 69.5. The van der Waals surface area contributed by atoms with Gasteiger partial charge in [0.25, 0.3) is 0 Å². The highest BCUT2D eigenvalue weighted by Crippen LogP contribution is 2.55. The summed E-state index contributed by atoms with van der Waals surface area (Å²) in [4.78, 5) is 14.5. The van der Waals surface area contributed by atoms with Crippen molar-refractivity contribution < 1.29 is 0 Å². The Morgan fingerprint density at radius 3 is 1.49 bits per heavy atom. The third kappa shape index (κ3) is 5.80. The summed E-state index contributed by atoms with van der Waals surface area (Å²) >= 11 is 0. The van der Waals surface area contributed by atoms with Crippen LogP contribution in [0.15, 0.2) is 188 Å². The topological polar surface area (TPSA) is 87.6 Å². The second-order valence-corrected chi connectivity index (χ2v) is 20.6. The van der Waals surface area contributed by atoms with Crippen molar-refractivity contribution in [3.05, 3.63) is 233 Å². The number of para-hydroxylation sites is 2. The van der Waals surface area contributed by atoms with E-state index in [1.54, 1.807) is 0 Å². The number of fused-ring (bicyclic) bond motifs is 14. The SMILES string of the molecule is [C-]#[N+]c1cc(-c2nc(-c3ccccc3)nc(-c3ccc(-n4c5ccccc5c5ccc6c(c54)-c4ccccc4C6(C)C)c(C#N)c3)c2C#N)ccc1-n1c2ccccc2c2ccc3c(c21)-c1ccccc1C3(C)C. The molecule has 0 N–H and O–H groups in total. The number of nitrogens with zero attached hydrogens (tertiary/aromatic N) is 7. The van der Waals surface area contributed by atoms with Crippen molar-refractivity contribution in [2.75, 3.05) is 0 Å². The molecule has 7 nitrogen and oxygen atoms in total. The van der Waals surface area contributed by atoms with Crippen molar-refractivity contribution >= 4 is 49.3 Å². The van der Waals surface area contributed by atoms with Crippen LogP contribution in [0.25, 0.3) is 116 Å². The summed E-state index contributed by atoms with van der Waals surface area (Å²) in [6.45, 7) is 17.9. The lowest BCUT2D eigenvalue weighted by Gasteiger charge is -2.21. The molecular weight excluding hydrogens is 903 g/mol. The monoisotopic (exact) mass is 945 g/mol. The molecule has 0 radical (unpaired) electrons. The van der Waals surface area contributed by atoms with Gasteiger partial charge in [0.15, 0.2) is 5.82 Å². The molecule has 74 heavy (non-hydrogen) atoms. The Morgan fingerprint density at radius 1 is 0.459 bits per heavy atom. The Bertz CT molecular complexity index is 4320. The number of benzene rings is 9. The van der Waals surface area contributed by atoms with Crippen LogP contribution in [0.1, 0.15) is 61.1 Å². The zero-order valence-corrected chi connectivity index (χ0v) is 41.0. The first kappa shape index (κ1) is 43.0. The van der Waals surface area contributed by atoms with Crippen LogP contribution >= 0.6 is 0 Å². The molecule has 2 aliphatic rings. The maximum absolute atomic E-state index is 11.3. The summed E-state index contributed by atoms with van der Waals surface area (Å²) in [5.74, 6) is 0.420. The van der Waals surface area contributed by atoms with E-state index in [1.165, 1.54) is 44.5 Å². The first-order chi connectivity index (χ1) is 36.1. The molecule has 7 heteroatoms. The number of nitriles is 2. The van der Waals surface area contributed by atoms with Crippen LogP contribution in [0.5, 0.6) is 0 Å². The van der Waals surface area contributed by atoms with Gasteiger partial charge in [0.1, 0.15) is 17.7 Å². The largest absolute Gasteiger partial charge is 0.318 e. The fraction of sp³-hybridized carbons (Fsp3) is 0.0896. The molecule has 14 rings (SSSR count). The Kier molecular flexibility index (Phi) is 9.04. The van der Waals surface area contributed by atoms with Crippen molar-refractivity contribution in [1.29, 1.82) is 10.5 Å². The lowest BCUT2D eigenvalue weighted by atomic mass is 9.82. The van der Waals surface area contributed by atoms with Gasteiger partial charge in [-0.25, -0.2) is 14.8 Å². The van der Waals surface area contributed by atoms with E-state index >= 15 is 0 Å². The average molecular weight is 946 g/mol. The Labute approximate surface area is 427 Å². The smallest absolute Gasteiger partial charge is 0.211 e. The van der Waals surface area contributed by atoms with Crippen LogP contribution in [-0.2, 0) is 10.8 Å². The lowest BCUT2D eigenvalue weighted by molar-refractivity contribution is 0.660. The standard InChI is InChI=1S/C67H43N7/c1-66(2)50-23-13-9-21-47(50)59-52(66)31-29-45-43-19-11-15-25-56(43)73(63(45)59)55-33-27-40(35-42(55)37-68)61-49(38-69)62(72-65(71-61)39-17-7-6-8-18-39)41-28-34-58(54(36-41)70-5)74-57-26-16-12-20-44(57)46-30-32-53-60(64(46)74)48-22-10-14-24-51(48)67(53,3)4/h6-36H,1-4H3. The van der Waals surface area contributed by atoms with Crippen LogP contribution in [-0.4, -0.2) is 19.1 Å². The minimum atomic E-state index is -0.219. The second-order valence-electron chi connectivity index (χ2n) is 20.6. The molecule has 0 unspecified atom stereocenters. The molecule has 3 aromatic heterocycles. The number of aromatic nitrogens is 4. The molecule has 0 saturated carbocycles. The van der Waals surface area contributed by atoms with E-state index in [-0.39, 0.29) is 16.4 Å². The molecule has 0 amide bonds. The highest BCUT2D eigenvalue weighted by atomic mass is 15.0. The van der Waals surface area contributed by atoms with Gasteiger partial charge in [0, 0.05) is 54.6 Å². The van der Waals surface area contributed by atoms with E-state index in [4.69, 9.17) is 16.5 Å². The summed E-state index contributed by atoms with van der Waals surface area (Å²) in [7, 11) is 0. The van der Waals surface area contributed by atoms with Crippen LogP contribution in [0.3, 0.4) is 0 Å². The minimum absolute atomic E-state index is 0.216. The zero-order chi connectivity index (χ0) is 50.2. The third-order valence-corrected chi connectivity index (χ3v) is 16.1. The van der Waals surface area contributed by atoms with Gasteiger partial charge in [0.2, 0.25) is 5.69 Å². The molecule has 0 spiro atoms. The molecule has 9 aromatic carbocycles. The van der Waals surface area contributed by atoms with Gasteiger partial charge in [0.05, 0.1) is 57.0 Å². The van der Waals surface area contributed by atoms with E-state index in [1.807, 2.05) is 78.9 Å². The van der Waals surface area contributed by atoms with E-state index in [2.05, 4.69) is 163 Å². The summed E-state index contributed by atoms with van der Waals surface area (Å²) in [5, 5.41) is 26.9. The summed E-state index contributed by atoms with van der Waals surface area (Å²) in [5.41, 5.74) is 18.8. The van der Waals surface area contributed by atoms with Crippen molar-refractivity contribution in [2.24, 2.45) is 0 Å². The van der Waals surface area contributed by atoms with Crippen LogP contribution in [0, 0.1) is 29.2 Å². The molecule has 0 saturated heterocycles. The zero-order valence-electron chi connectivity index (χ0n) is 41.0. The second kappa shape index (κ2) is 15.6. The maximum atomic E-state index is 11.3. The van der Waals surface area contributed by atoms with Gasteiger partial charge in [-0.2, -0.15) is 10.5 Å². The van der Waals surface area contributed by atoms with Gasteiger partial charge >= 0.3 is 0 Å². The van der Waals surface area contributed by atoms with E-state index in [0.717, 1.165) is 60.5 Å². The predicted molar refractivity (Wildman–Crippen MR) is 298 cm³/mol. The molecule has 2 aliphatic carbocycles. The van der Waals surface area contributed by atoms with E-state index in [9.17, 15) is 10.5 Å². The molecule has 3 heterocycles. The molecule has 12 aromatic rings. The maximum Gasteiger partial charge on any atom is 0.211 e. The summed E-state index contributed by atoms with van der Waals surface area (Å²) < 4.78 is 4.50. The van der Waals surface area contributed by atoms with E-state index < -0.39 is 0 Å². The molecular formula is C67H43N7. The fourth-order valence-electron chi connectivity index (χ4n) is 12.6. The van der Waals surface area contributed by atoms with Crippen LogP contribution in [0.2, 0.25) is 0 Å². The fourth-order valence-corrected chi connectivity index (χ4v) is 12.6. The van der Waals surface area contributed by atoms with Crippen molar-refractivity contribution in [3.8, 4) is 79.7 Å². The number of hydrogen-bond donors (Lipinski definition) is 0. The third-order valence-electron chi connectivity index (χ3n) is 16.1. The first-order valence-electron chi connectivity index (χ1n) is 24.9. The van der Waals surface area contributed by atoms with Gasteiger partial charge in [-0.3, -0.25) is 0 Å². The van der Waals surface area contributed by atoms with Gasteiger partial charge < -0.3 is 9.13 Å². The van der Waals surface area contributed by atoms with Gasteiger partial charge in [-0.1, -0.05) is 179 Å². The number of rotatable bonds is 5. The van der Waals surface area contributed by atoms with Crippen LogP contribution < -0.4 is 0 Å². The highest BCUT2D eigenvalue weighted by molar-refractivity contribution is 6.17. The predicted octanol–water partition coefficient (Wildman–Crippen LogP) is 16.6. The quantitative estimate of drug-likeness (QED) is 0.161. The molecule has 0 atom stereocenters. The average Bonchev–Trinajstić information content (AvgIpc) is 4.13. The molecule has 0 aliphatic heterocycles. The first-order valence-corrected chi connectivity index (χ1v) is 24.9. The highest BCUT2D eigenvalue weighted by Gasteiger charge is 2.39. The minimum Gasteiger partial charge on any atom is -0.318 e. The lowest BCUT2D eigenvalue weighted by Crippen LogP contribution is -2.14. The van der Waals surface area contributed by atoms with Crippen molar-refractivity contribution in [1.82, 2.24) is 19.1 Å². The Hall–Kier alpha value is -9.87. The van der Waals surface area contributed by atoms with Crippen molar-refractivity contribution in [3.63, 3.8) is 0 Å². The van der Waals surface area contributed by atoms with Gasteiger partial charge in [-0.15, -0.1) is 0 Å².